The van der Waals surface area contributed by atoms with Crippen LogP contribution in [-0.2, 0) is 61.8 Å². The Morgan fingerprint density at radius 1 is 0.211 bits per heavy atom. The SMILES string of the molecule is FC(F)(F)c1cc(C2=NC(c3cc(C(F)(F)F)cc(C(F)(F)F)c3)=c3c2c(C(F)(F)F)c2c(c3C(F)(F)F)C(c3cc(C(F)(F)F)cc(C(F)(F)F)c3)=NC=2c2cc(C(F)(F)F)cc(C(F)(F)F)c2)cc(C(F)(F)F)c1. The quantitative estimate of drug-likeness (QED) is 0.160. The molecule has 5 aromatic carbocycles. The van der Waals surface area contributed by atoms with Crippen LogP contribution in [0.2, 0.25) is 0 Å². The molecular weight excluding hydrogens is 1130 g/mol. The van der Waals surface area contributed by atoms with Crippen molar-refractivity contribution < 1.29 is 132 Å². The normalized spacial score (nSPS) is 15.3. The lowest BCUT2D eigenvalue weighted by Gasteiger charge is -2.22. The van der Waals surface area contributed by atoms with Crippen molar-refractivity contribution in [1.29, 1.82) is 0 Å². The minimum Gasteiger partial charge on any atom is -0.246 e. The van der Waals surface area contributed by atoms with Crippen LogP contribution in [0.3, 0.4) is 0 Å². The van der Waals surface area contributed by atoms with Gasteiger partial charge in [0.2, 0.25) is 0 Å². The number of hydrogen-bond donors (Lipinski definition) is 0. The van der Waals surface area contributed by atoms with Gasteiger partial charge in [-0.2, -0.15) is 132 Å². The van der Waals surface area contributed by atoms with Gasteiger partial charge in [0.15, 0.2) is 0 Å². The zero-order valence-corrected chi connectivity index (χ0v) is 35.2. The molecule has 2 aliphatic heterocycles. The molecule has 0 aromatic heterocycles. The van der Waals surface area contributed by atoms with Crippen molar-refractivity contribution >= 4 is 22.8 Å². The number of nitrogens with zero attached hydrogens (tertiary/aromatic N) is 2. The van der Waals surface area contributed by atoms with Crippen LogP contribution in [-0.4, -0.2) is 11.4 Å². The first-order valence-corrected chi connectivity index (χ1v) is 19.5. The lowest BCUT2D eigenvalue weighted by Crippen LogP contribution is -2.40. The van der Waals surface area contributed by atoms with Crippen LogP contribution in [0.5, 0.6) is 0 Å². The summed E-state index contributed by atoms with van der Waals surface area (Å²) in [7, 11) is 0. The van der Waals surface area contributed by atoms with Gasteiger partial charge in [-0.05, 0) is 72.8 Å². The Kier molecular flexibility index (Phi) is 12.9. The van der Waals surface area contributed by atoms with E-state index in [2.05, 4.69) is 9.98 Å². The van der Waals surface area contributed by atoms with Gasteiger partial charge in [-0.15, -0.1) is 0 Å². The second-order valence-corrected chi connectivity index (χ2v) is 16.0. The van der Waals surface area contributed by atoms with Crippen molar-refractivity contribution in [2.75, 3.05) is 0 Å². The maximum atomic E-state index is 16.2. The molecule has 0 spiro atoms. The third kappa shape index (κ3) is 10.7. The van der Waals surface area contributed by atoms with Gasteiger partial charge < -0.3 is 0 Å². The second-order valence-electron chi connectivity index (χ2n) is 16.0. The Morgan fingerprint density at radius 3 is 0.539 bits per heavy atom. The van der Waals surface area contributed by atoms with E-state index in [9.17, 15) is 105 Å². The summed E-state index contributed by atoms with van der Waals surface area (Å²) in [6.45, 7) is 0. The Hall–Kier alpha value is -6.92. The average Bonchev–Trinajstić information content (AvgIpc) is 3.81. The first kappa shape index (κ1) is 56.8. The molecule has 2 aliphatic rings. The summed E-state index contributed by atoms with van der Waals surface area (Å²) < 4.78 is 439. The lowest BCUT2D eigenvalue weighted by atomic mass is 9.84. The maximum absolute atomic E-state index is 16.2. The molecule has 7 rings (SSSR count). The zero-order chi connectivity index (χ0) is 57.6. The number of halogens is 30. The number of alkyl halides is 30. The summed E-state index contributed by atoms with van der Waals surface area (Å²) in [5, 5.41) is -5.38. The van der Waals surface area contributed by atoms with Gasteiger partial charge in [0.05, 0.1) is 78.5 Å². The summed E-state index contributed by atoms with van der Waals surface area (Å²) in [5.41, 5.74) is -50.5. The third-order valence-corrected chi connectivity index (χ3v) is 10.9. The number of benzene rings is 5. The second kappa shape index (κ2) is 17.3. The molecule has 0 saturated heterocycles. The van der Waals surface area contributed by atoms with Crippen molar-refractivity contribution in [3.8, 4) is 0 Å². The minimum atomic E-state index is -6.83. The predicted octanol–water partition coefficient (Wildman–Crippen LogP) is 15.9. The molecule has 0 bridgehead atoms. The smallest absolute Gasteiger partial charge is 0.246 e. The molecular formula is C44H12F30N2. The van der Waals surface area contributed by atoms with E-state index in [1.54, 1.807) is 0 Å². The molecule has 2 nitrogen and oxygen atoms in total. The first-order valence-electron chi connectivity index (χ1n) is 19.5. The monoisotopic (exact) mass is 1140 g/mol. The van der Waals surface area contributed by atoms with Gasteiger partial charge in [-0.25, -0.2) is 9.98 Å². The van der Waals surface area contributed by atoms with Crippen molar-refractivity contribution in [1.82, 2.24) is 0 Å². The molecule has 0 fully saturated rings. The third-order valence-electron chi connectivity index (χ3n) is 10.9. The van der Waals surface area contributed by atoms with Gasteiger partial charge in [-0.3, -0.25) is 0 Å². The molecule has 5 aromatic rings. The first-order chi connectivity index (χ1) is 34.0. The fourth-order valence-corrected chi connectivity index (χ4v) is 7.91. The van der Waals surface area contributed by atoms with Crippen LogP contribution in [0.15, 0.2) is 82.8 Å². The fourth-order valence-electron chi connectivity index (χ4n) is 7.91. The van der Waals surface area contributed by atoms with Gasteiger partial charge >= 0.3 is 61.8 Å². The van der Waals surface area contributed by atoms with Crippen molar-refractivity contribution in [3.63, 3.8) is 0 Å². The number of aliphatic imine (C=N–C) groups is 2. The van der Waals surface area contributed by atoms with E-state index in [4.69, 9.17) is 0 Å². The van der Waals surface area contributed by atoms with Gasteiger partial charge in [0.25, 0.3) is 0 Å². The molecule has 0 aliphatic carbocycles. The Balaban J connectivity index is 1.91. The Morgan fingerprint density at radius 2 is 0.382 bits per heavy atom. The molecule has 2 heterocycles. The zero-order valence-electron chi connectivity index (χ0n) is 35.2. The highest BCUT2D eigenvalue weighted by Crippen LogP contribution is 2.47. The van der Waals surface area contributed by atoms with Gasteiger partial charge in [0.1, 0.15) is 0 Å². The average molecular weight is 1140 g/mol. The maximum Gasteiger partial charge on any atom is 0.417 e. The Labute approximate surface area is 398 Å². The standard InChI is InChI=1S/C44H12F30N2/c45-35(46,47)17-1-13(2-18(9-17)36(48,49)50)31-25-26(32(75-31)14-3-19(37(51,52)53)10-20(4-14)38(54,55)56)30(44(72,73)74)28-27(29(25)43(69,70)71)33(15-5-21(39(57,58)59)11-22(6-15)40(60,61)62)76-34(28)16-7-23(41(63,64)65)12-24(8-16)42(66,67)68/h1-12H. The highest BCUT2D eigenvalue weighted by molar-refractivity contribution is 6.23. The fraction of sp³-hybridized carbons (Fsp3) is 0.227. The summed E-state index contributed by atoms with van der Waals surface area (Å²) in [4.78, 5) is 6.36. The highest BCUT2D eigenvalue weighted by Gasteiger charge is 2.51. The predicted molar refractivity (Wildman–Crippen MR) is 198 cm³/mol. The molecule has 76 heavy (non-hydrogen) atoms. The van der Waals surface area contributed by atoms with Crippen molar-refractivity contribution in [3.05, 3.63) is 172 Å². The molecule has 0 unspecified atom stereocenters. The summed E-state index contributed by atoms with van der Waals surface area (Å²) in [6.07, 6.45) is -62.3. The van der Waals surface area contributed by atoms with Gasteiger partial charge in [0, 0.05) is 43.8 Å². The Bertz CT molecular complexity index is 3050. The van der Waals surface area contributed by atoms with Crippen molar-refractivity contribution in [2.24, 2.45) is 9.98 Å². The van der Waals surface area contributed by atoms with E-state index in [1.807, 2.05) is 0 Å². The molecule has 0 radical (unpaired) electrons. The topological polar surface area (TPSA) is 24.7 Å². The van der Waals surface area contributed by atoms with Crippen molar-refractivity contribution in [2.45, 2.75) is 61.8 Å². The summed E-state index contributed by atoms with van der Waals surface area (Å²) >= 11 is 0. The number of fused-ring (bicyclic) bond motifs is 2. The molecule has 0 amide bonds. The van der Waals surface area contributed by atoms with E-state index < -0.39 is 257 Å². The lowest BCUT2D eigenvalue weighted by molar-refractivity contribution is -0.144. The minimum absolute atomic E-state index is 0.620. The van der Waals surface area contributed by atoms with Crippen LogP contribution in [0.25, 0.3) is 11.4 Å². The van der Waals surface area contributed by atoms with E-state index in [1.165, 1.54) is 0 Å². The molecule has 0 saturated carbocycles. The van der Waals surface area contributed by atoms with Gasteiger partial charge in [-0.1, -0.05) is 0 Å². The molecule has 32 heteroatoms. The summed E-state index contributed by atoms with van der Waals surface area (Å²) in [5.74, 6) is 0. The van der Waals surface area contributed by atoms with Crippen LogP contribution in [0, 0.1) is 0 Å². The van der Waals surface area contributed by atoms with E-state index in [-0.39, 0.29) is 0 Å². The summed E-state index contributed by atoms with van der Waals surface area (Å²) in [6, 6.07) is -8.11. The van der Waals surface area contributed by atoms with Crippen LogP contribution in [0.1, 0.15) is 89.0 Å². The molecule has 0 N–H and O–H groups in total. The van der Waals surface area contributed by atoms with E-state index >= 15 is 26.3 Å². The largest absolute Gasteiger partial charge is 0.417 e. The molecule has 0 atom stereocenters. The highest BCUT2D eigenvalue weighted by atomic mass is 19.4. The van der Waals surface area contributed by atoms with Crippen LogP contribution >= 0.6 is 0 Å². The molecule has 408 valence electrons. The van der Waals surface area contributed by atoms with Crippen LogP contribution in [0.4, 0.5) is 132 Å². The number of hydrogen-bond acceptors (Lipinski definition) is 2. The van der Waals surface area contributed by atoms with E-state index in [0.717, 1.165) is 0 Å². The van der Waals surface area contributed by atoms with Crippen LogP contribution < -0.4 is 10.4 Å². The number of rotatable bonds is 4. The van der Waals surface area contributed by atoms with E-state index in [0.29, 0.717) is 0 Å².